The van der Waals surface area contributed by atoms with Crippen molar-refractivity contribution in [3.8, 4) is 23.0 Å². The van der Waals surface area contributed by atoms with Crippen LogP contribution < -0.4 is 34.7 Å². The van der Waals surface area contributed by atoms with E-state index in [1.54, 1.807) is 58.7 Å². The van der Waals surface area contributed by atoms with E-state index in [1.807, 2.05) is 12.1 Å². The van der Waals surface area contributed by atoms with Gasteiger partial charge in [-0.2, -0.15) is 18.4 Å². The predicted molar refractivity (Wildman–Crippen MR) is 158 cm³/mol. The number of anilines is 3. The van der Waals surface area contributed by atoms with E-state index >= 15 is 0 Å². The van der Waals surface area contributed by atoms with Crippen LogP contribution in [0.25, 0.3) is 0 Å². The van der Waals surface area contributed by atoms with Crippen molar-refractivity contribution in [3.63, 3.8) is 0 Å². The molecule has 0 fully saturated rings. The third kappa shape index (κ3) is 7.11. The molecule has 0 bridgehead atoms. The zero-order chi connectivity index (χ0) is 30.3. The summed E-state index contributed by atoms with van der Waals surface area (Å²) in [5, 5.41) is 2.74. The van der Waals surface area contributed by atoms with Gasteiger partial charge in [-0.15, -0.1) is 0 Å². The molecule has 4 aromatic rings. The summed E-state index contributed by atoms with van der Waals surface area (Å²) >= 11 is 0. The molecule has 4 N–H and O–H groups in total. The van der Waals surface area contributed by atoms with Crippen molar-refractivity contribution in [3.05, 3.63) is 66.1 Å². The van der Waals surface area contributed by atoms with E-state index in [2.05, 4.69) is 35.0 Å². The summed E-state index contributed by atoms with van der Waals surface area (Å²) in [4.78, 5) is 20.7. The van der Waals surface area contributed by atoms with Gasteiger partial charge >= 0.3 is 0 Å². The van der Waals surface area contributed by atoms with Crippen molar-refractivity contribution in [2.75, 3.05) is 44.2 Å². The number of ether oxygens (including phenoxy) is 4. The van der Waals surface area contributed by atoms with Crippen molar-refractivity contribution >= 4 is 39.0 Å². The maximum absolute atomic E-state index is 12.6. The van der Waals surface area contributed by atoms with Gasteiger partial charge < -0.3 is 30.0 Å². The van der Waals surface area contributed by atoms with Crippen molar-refractivity contribution < 1.29 is 27.4 Å². The summed E-state index contributed by atoms with van der Waals surface area (Å²) in [5.74, 6) is 2.86. The van der Waals surface area contributed by atoms with Crippen LogP contribution in [0.3, 0.4) is 0 Å². The van der Waals surface area contributed by atoms with Crippen LogP contribution >= 0.6 is 0 Å². The molecule has 0 aliphatic rings. The first-order valence-corrected chi connectivity index (χ1v) is 13.9. The lowest BCUT2D eigenvalue weighted by Gasteiger charge is -2.14. The molecule has 0 amide bonds. The van der Waals surface area contributed by atoms with Gasteiger partial charge in [0.05, 0.1) is 40.8 Å². The number of nitrogens with two attached hydrogens (primary N) is 1. The van der Waals surface area contributed by atoms with Gasteiger partial charge in [0.2, 0.25) is 5.75 Å². The van der Waals surface area contributed by atoms with E-state index in [9.17, 15) is 8.42 Å². The maximum atomic E-state index is 12.6. The number of nitrogens with one attached hydrogen (secondary N) is 2. The molecule has 14 nitrogen and oxygen atoms in total. The van der Waals surface area contributed by atoms with E-state index in [4.69, 9.17) is 24.7 Å². The number of amidine groups is 1. The summed E-state index contributed by atoms with van der Waals surface area (Å²) in [6.45, 7) is 1.74. The molecule has 0 saturated carbocycles. The first kappa shape index (κ1) is 29.8. The van der Waals surface area contributed by atoms with Crippen molar-refractivity contribution in [2.45, 2.75) is 18.5 Å². The Morgan fingerprint density at radius 2 is 1.50 bits per heavy atom. The Hall–Kier alpha value is -5.18. The monoisotopic (exact) mass is 594 g/mol. The van der Waals surface area contributed by atoms with Gasteiger partial charge in [-0.25, -0.2) is 15.0 Å². The van der Waals surface area contributed by atoms with Gasteiger partial charge in [0.1, 0.15) is 11.7 Å². The minimum Gasteiger partial charge on any atom is -0.494 e. The van der Waals surface area contributed by atoms with Crippen molar-refractivity contribution in [2.24, 2.45) is 4.99 Å². The fourth-order valence-electron chi connectivity index (χ4n) is 3.82. The van der Waals surface area contributed by atoms with Crippen LogP contribution in [0.5, 0.6) is 23.0 Å². The zero-order valence-corrected chi connectivity index (χ0v) is 24.4. The summed E-state index contributed by atoms with van der Waals surface area (Å²) < 4.78 is 48.7. The SMILES string of the molecule is COc1cnc(S(=O)(=O)Nc2ccc(NC(C)=Nc3ncc(Cc4cc(OC)c(OC)c(OC)c4)c(N)n3)cc2)nc1. The zero-order valence-electron chi connectivity index (χ0n) is 23.6. The van der Waals surface area contributed by atoms with Gasteiger partial charge in [0, 0.05) is 29.6 Å². The molecule has 0 spiro atoms. The average molecular weight is 595 g/mol. The molecular formula is C27H30N8O6S. The third-order valence-corrected chi connectivity index (χ3v) is 7.01. The molecule has 2 aromatic heterocycles. The number of hydrogen-bond acceptors (Lipinski definition) is 12. The Kier molecular flexibility index (Phi) is 9.22. The summed E-state index contributed by atoms with van der Waals surface area (Å²) in [7, 11) is 2.11. The van der Waals surface area contributed by atoms with Gasteiger partial charge in [-0.3, -0.25) is 4.72 Å². The number of hydrogen-bond donors (Lipinski definition) is 3. The number of aromatic nitrogens is 4. The van der Waals surface area contributed by atoms with Crippen LogP contribution in [0.15, 0.2) is 65.1 Å². The molecule has 2 heterocycles. The number of aliphatic imine (C=N–C) groups is 1. The minimum absolute atomic E-state index is 0.176. The quantitative estimate of drug-likeness (QED) is 0.131. The molecule has 4 rings (SSSR count). The van der Waals surface area contributed by atoms with E-state index < -0.39 is 10.0 Å². The first-order valence-electron chi connectivity index (χ1n) is 12.4. The van der Waals surface area contributed by atoms with Crippen LogP contribution in [-0.2, 0) is 16.4 Å². The molecule has 220 valence electrons. The predicted octanol–water partition coefficient (Wildman–Crippen LogP) is 3.44. The fourth-order valence-corrected chi connectivity index (χ4v) is 4.74. The lowest BCUT2D eigenvalue weighted by Crippen LogP contribution is -2.16. The second-order valence-corrected chi connectivity index (χ2v) is 10.3. The van der Waals surface area contributed by atoms with Gasteiger partial charge in [-0.1, -0.05) is 0 Å². The molecule has 0 saturated heterocycles. The largest absolute Gasteiger partial charge is 0.494 e. The lowest BCUT2D eigenvalue weighted by atomic mass is 10.1. The third-order valence-electron chi connectivity index (χ3n) is 5.81. The van der Waals surface area contributed by atoms with Crippen molar-refractivity contribution in [1.29, 1.82) is 0 Å². The van der Waals surface area contributed by atoms with Crippen LogP contribution in [0.2, 0.25) is 0 Å². The molecule has 15 heteroatoms. The van der Waals surface area contributed by atoms with E-state index in [0.29, 0.717) is 52.2 Å². The lowest BCUT2D eigenvalue weighted by molar-refractivity contribution is 0.324. The number of rotatable bonds is 11. The Balaban J connectivity index is 1.41. The molecule has 0 unspecified atom stereocenters. The van der Waals surface area contributed by atoms with Crippen LogP contribution in [0.1, 0.15) is 18.1 Å². The Labute approximate surface area is 243 Å². The Morgan fingerprint density at radius 3 is 2.05 bits per heavy atom. The molecule has 0 atom stereocenters. The molecule has 0 aliphatic carbocycles. The standard InChI is InChI=1S/C27H30N8O6S/c1-16(32-19-6-8-20(9-7-19)35-42(36,37)27-30-14-21(38-2)15-31-27)33-26-29-13-18(25(28)34-26)10-17-11-22(39-3)24(41-5)23(12-17)40-4/h6-9,11-15,35H,10H2,1-5H3,(H3,28,29,32,33,34). The van der Waals surface area contributed by atoms with Gasteiger partial charge in [-0.05, 0) is 48.9 Å². The molecule has 0 aliphatic heterocycles. The van der Waals surface area contributed by atoms with Crippen LogP contribution in [-0.4, -0.2) is 62.6 Å². The van der Waals surface area contributed by atoms with Gasteiger partial charge in [0.15, 0.2) is 17.2 Å². The highest BCUT2D eigenvalue weighted by Gasteiger charge is 2.18. The summed E-state index contributed by atoms with van der Waals surface area (Å²) in [6, 6.07) is 10.2. The molecule has 42 heavy (non-hydrogen) atoms. The maximum Gasteiger partial charge on any atom is 0.297 e. The van der Waals surface area contributed by atoms with Crippen LogP contribution in [0, 0.1) is 0 Å². The fraction of sp³-hybridized carbons (Fsp3) is 0.222. The number of nitrogen functional groups attached to an aromatic ring is 1. The van der Waals surface area contributed by atoms with Crippen LogP contribution in [0.4, 0.5) is 23.1 Å². The average Bonchev–Trinajstić information content (AvgIpc) is 2.98. The highest BCUT2D eigenvalue weighted by Crippen LogP contribution is 2.39. The highest BCUT2D eigenvalue weighted by atomic mass is 32.2. The first-order chi connectivity index (χ1) is 20.1. The topological polar surface area (TPSA) is 185 Å². The smallest absolute Gasteiger partial charge is 0.297 e. The molecule has 2 aromatic carbocycles. The van der Waals surface area contributed by atoms with E-state index in [1.165, 1.54) is 19.5 Å². The summed E-state index contributed by atoms with van der Waals surface area (Å²) in [5.41, 5.74) is 8.78. The second kappa shape index (κ2) is 13.0. The van der Waals surface area contributed by atoms with Gasteiger partial charge in [0.25, 0.3) is 21.1 Å². The molecule has 0 radical (unpaired) electrons. The summed E-state index contributed by atoms with van der Waals surface area (Å²) in [6.07, 6.45) is 4.60. The number of nitrogens with zero attached hydrogens (tertiary/aromatic N) is 5. The number of sulfonamides is 1. The molecular weight excluding hydrogens is 564 g/mol. The number of benzene rings is 2. The Bertz CT molecular complexity index is 1660. The number of methoxy groups -OCH3 is 4. The van der Waals surface area contributed by atoms with E-state index in [-0.39, 0.29) is 16.9 Å². The van der Waals surface area contributed by atoms with E-state index in [0.717, 1.165) is 5.56 Å². The van der Waals surface area contributed by atoms with Crippen molar-refractivity contribution in [1.82, 2.24) is 19.9 Å². The normalized spacial score (nSPS) is 11.5. The minimum atomic E-state index is -3.97. The second-order valence-electron chi connectivity index (χ2n) is 8.70. The highest BCUT2D eigenvalue weighted by molar-refractivity contribution is 7.92. The Morgan fingerprint density at radius 1 is 0.881 bits per heavy atom.